The van der Waals surface area contributed by atoms with Crippen LogP contribution in [0.5, 0.6) is 0 Å². The first-order chi connectivity index (χ1) is 8.34. The molecule has 0 saturated carbocycles. The molecular weight excluding hydrogens is 246 g/mol. The summed E-state index contributed by atoms with van der Waals surface area (Å²) in [6.45, 7) is 5.94. The Bertz CT molecular complexity index is 502. The number of hydrogen-bond donors (Lipinski definition) is 0. The van der Waals surface area contributed by atoms with Crippen LogP contribution in [0.2, 0.25) is 0 Å². The fourth-order valence-electron chi connectivity index (χ4n) is 2.39. The van der Waals surface area contributed by atoms with Crippen LogP contribution in [0.25, 0.3) is 0 Å². The van der Waals surface area contributed by atoms with Crippen molar-refractivity contribution in [2.45, 2.75) is 44.4 Å². The molecule has 0 amide bonds. The average molecular weight is 267 g/mol. The Morgan fingerprint density at radius 1 is 1.17 bits per heavy atom. The SMILES string of the molecule is CC(C)(C)S(=O)(=O)N1CCC[C@H]1c1ccccc1. The van der Waals surface area contributed by atoms with Gasteiger partial charge in [0.15, 0.2) is 0 Å². The van der Waals surface area contributed by atoms with Gasteiger partial charge in [-0.2, -0.15) is 4.31 Å². The third-order valence-corrected chi connectivity index (χ3v) is 6.07. The monoisotopic (exact) mass is 267 g/mol. The molecule has 0 N–H and O–H groups in total. The van der Waals surface area contributed by atoms with Crippen LogP contribution in [-0.4, -0.2) is 24.0 Å². The molecule has 4 heteroatoms. The maximum Gasteiger partial charge on any atom is 0.219 e. The van der Waals surface area contributed by atoms with E-state index in [1.807, 2.05) is 30.3 Å². The lowest BCUT2D eigenvalue weighted by atomic mass is 10.1. The quantitative estimate of drug-likeness (QED) is 0.826. The highest BCUT2D eigenvalue weighted by Gasteiger charge is 2.41. The first kappa shape index (κ1) is 13.6. The van der Waals surface area contributed by atoms with Crippen molar-refractivity contribution in [3.8, 4) is 0 Å². The fourth-order valence-corrected chi connectivity index (χ4v) is 4.02. The van der Waals surface area contributed by atoms with E-state index in [1.54, 1.807) is 25.1 Å². The van der Waals surface area contributed by atoms with E-state index in [9.17, 15) is 8.42 Å². The molecule has 0 unspecified atom stereocenters. The zero-order chi connectivity index (χ0) is 13.4. The Kier molecular flexibility index (Phi) is 3.52. The summed E-state index contributed by atoms with van der Waals surface area (Å²) >= 11 is 0. The van der Waals surface area contributed by atoms with Gasteiger partial charge in [-0.25, -0.2) is 8.42 Å². The topological polar surface area (TPSA) is 37.4 Å². The molecule has 1 heterocycles. The van der Waals surface area contributed by atoms with E-state index in [0.29, 0.717) is 6.54 Å². The smallest absolute Gasteiger partial charge is 0.212 e. The molecule has 18 heavy (non-hydrogen) atoms. The minimum Gasteiger partial charge on any atom is -0.212 e. The van der Waals surface area contributed by atoms with Gasteiger partial charge in [0.2, 0.25) is 10.0 Å². The molecular formula is C14H21NO2S. The zero-order valence-electron chi connectivity index (χ0n) is 11.3. The Labute approximate surface area is 110 Å². The van der Waals surface area contributed by atoms with Crippen molar-refractivity contribution >= 4 is 10.0 Å². The first-order valence-corrected chi connectivity index (χ1v) is 7.84. The van der Waals surface area contributed by atoms with Gasteiger partial charge < -0.3 is 0 Å². The molecule has 0 bridgehead atoms. The lowest BCUT2D eigenvalue weighted by Gasteiger charge is -2.31. The molecule has 1 aliphatic rings. The van der Waals surface area contributed by atoms with Crippen LogP contribution in [0.3, 0.4) is 0 Å². The fraction of sp³-hybridized carbons (Fsp3) is 0.571. The van der Waals surface area contributed by atoms with Crippen LogP contribution in [0.4, 0.5) is 0 Å². The van der Waals surface area contributed by atoms with E-state index in [1.165, 1.54) is 0 Å². The van der Waals surface area contributed by atoms with E-state index in [0.717, 1.165) is 18.4 Å². The van der Waals surface area contributed by atoms with Gasteiger partial charge in [-0.15, -0.1) is 0 Å². The number of nitrogens with zero attached hydrogens (tertiary/aromatic N) is 1. The highest BCUT2D eigenvalue weighted by molar-refractivity contribution is 7.90. The Balaban J connectivity index is 2.35. The molecule has 1 aliphatic heterocycles. The Morgan fingerprint density at radius 3 is 2.33 bits per heavy atom. The van der Waals surface area contributed by atoms with Crippen LogP contribution >= 0.6 is 0 Å². The van der Waals surface area contributed by atoms with Gasteiger partial charge in [0.1, 0.15) is 0 Å². The summed E-state index contributed by atoms with van der Waals surface area (Å²) < 4.78 is 26.1. The summed E-state index contributed by atoms with van der Waals surface area (Å²) in [6, 6.07) is 9.93. The van der Waals surface area contributed by atoms with E-state index in [-0.39, 0.29) is 6.04 Å². The standard InChI is InChI=1S/C14H21NO2S/c1-14(2,3)18(16,17)15-11-7-10-13(15)12-8-5-4-6-9-12/h4-6,8-9,13H,7,10-11H2,1-3H3/t13-/m0/s1. The van der Waals surface area contributed by atoms with Crippen molar-refractivity contribution in [1.82, 2.24) is 4.31 Å². The van der Waals surface area contributed by atoms with Gasteiger partial charge in [-0.3, -0.25) is 0 Å². The van der Waals surface area contributed by atoms with Crippen molar-refractivity contribution < 1.29 is 8.42 Å². The van der Waals surface area contributed by atoms with Crippen LogP contribution < -0.4 is 0 Å². The molecule has 1 fully saturated rings. The number of hydrogen-bond acceptors (Lipinski definition) is 2. The number of rotatable bonds is 2. The van der Waals surface area contributed by atoms with Crippen LogP contribution in [0, 0.1) is 0 Å². The van der Waals surface area contributed by atoms with Crippen molar-refractivity contribution in [3.05, 3.63) is 35.9 Å². The van der Waals surface area contributed by atoms with E-state index >= 15 is 0 Å². The van der Waals surface area contributed by atoms with Crippen LogP contribution in [0.1, 0.15) is 45.2 Å². The minimum atomic E-state index is -3.24. The van der Waals surface area contributed by atoms with E-state index in [2.05, 4.69) is 0 Å². The van der Waals surface area contributed by atoms with Crippen LogP contribution in [0.15, 0.2) is 30.3 Å². The Hall–Kier alpha value is -0.870. The molecule has 0 spiro atoms. The summed E-state index contributed by atoms with van der Waals surface area (Å²) in [5, 5.41) is 0. The Morgan fingerprint density at radius 2 is 1.78 bits per heavy atom. The molecule has 1 atom stereocenters. The molecule has 0 aliphatic carbocycles. The maximum absolute atomic E-state index is 12.6. The summed E-state index contributed by atoms with van der Waals surface area (Å²) in [6.07, 6.45) is 1.86. The van der Waals surface area contributed by atoms with E-state index in [4.69, 9.17) is 0 Å². The second-order valence-corrected chi connectivity index (χ2v) is 8.44. The van der Waals surface area contributed by atoms with Crippen LogP contribution in [-0.2, 0) is 10.0 Å². The van der Waals surface area contributed by atoms with Gasteiger partial charge in [-0.1, -0.05) is 30.3 Å². The predicted octanol–water partition coefficient (Wildman–Crippen LogP) is 2.95. The third kappa shape index (κ3) is 2.31. The third-order valence-electron chi connectivity index (χ3n) is 3.47. The molecule has 0 radical (unpaired) electrons. The zero-order valence-corrected chi connectivity index (χ0v) is 12.1. The highest BCUT2D eigenvalue weighted by atomic mass is 32.2. The second kappa shape index (κ2) is 4.67. The van der Waals surface area contributed by atoms with Gasteiger partial charge >= 0.3 is 0 Å². The van der Waals surface area contributed by atoms with Gasteiger partial charge in [0.05, 0.1) is 4.75 Å². The van der Waals surface area contributed by atoms with Gasteiger partial charge in [0.25, 0.3) is 0 Å². The summed E-state index contributed by atoms with van der Waals surface area (Å²) in [7, 11) is -3.24. The van der Waals surface area contributed by atoms with Gasteiger partial charge in [0, 0.05) is 12.6 Å². The molecule has 1 aromatic rings. The molecule has 3 nitrogen and oxygen atoms in total. The number of benzene rings is 1. The van der Waals surface area contributed by atoms with Gasteiger partial charge in [-0.05, 0) is 39.2 Å². The lowest BCUT2D eigenvalue weighted by molar-refractivity contribution is 0.381. The molecule has 1 saturated heterocycles. The summed E-state index contributed by atoms with van der Waals surface area (Å²) in [4.78, 5) is 0. The largest absolute Gasteiger partial charge is 0.219 e. The normalized spacial score (nSPS) is 22.3. The summed E-state index contributed by atoms with van der Waals surface area (Å²) in [5.74, 6) is 0. The molecule has 2 rings (SSSR count). The molecule has 0 aromatic heterocycles. The molecule has 1 aromatic carbocycles. The van der Waals surface area contributed by atoms with Crippen molar-refractivity contribution in [2.75, 3.05) is 6.54 Å². The minimum absolute atomic E-state index is 0.00965. The summed E-state index contributed by atoms with van der Waals surface area (Å²) in [5.41, 5.74) is 1.10. The highest BCUT2D eigenvalue weighted by Crippen LogP contribution is 2.37. The average Bonchev–Trinajstić information content (AvgIpc) is 2.78. The van der Waals surface area contributed by atoms with Crippen molar-refractivity contribution in [1.29, 1.82) is 0 Å². The number of sulfonamides is 1. The maximum atomic E-state index is 12.6. The van der Waals surface area contributed by atoms with E-state index < -0.39 is 14.8 Å². The van der Waals surface area contributed by atoms with Crippen molar-refractivity contribution in [3.63, 3.8) is 0 Å². The second-order valence-electron chi connectivity index (χ2n) is 5.80. The predicted molar refractivity (Wildman–Crippen MR) is 73.8 cm³/mol. The lowest BCUT2D eigenvalue weighted by Crippen LogP contribution is -2.42. The van der Waals surface area contributed by atoms with Crippen molar-refractivity contribution in [2.24, 2.45) is 0 Å². The first-order valence-electron chi connectivity index (χ1n) is 6.40. The molecule has 100 valence electrons.